The molecule has 2 rings (SSSR count). The van der Waals surface area contributed by atoms with Crippen LogP contribution in [0.4, 0.5) is 5.95 Å². The maximum Gasteiger partial charge on any atom is 0.244 e. The van der Waals surface area contributed by atoms with Crippen LogP contribution >= 0.6 is 0 Å². The molecule has 5 nitrogen and oxygen atoms in total. The van der Waals surface area contributed by atoms with Gasteiger partial charge >= 0.3 is 0 Å². The van der Waals surface area contributed by atoms with Crippen molar-refractivity contribution in [2.24, 2.45) is 0 Å². The summed E-state index contributed by atoms with van der Waals surface area (Å²) in [6.45, 7) is 7.24. The first kappa shape index (κ1) is 9.45. The number of nitrogens with zero attached hydrogens (tertiary/aromatic N) is 3. The third-order valence-corrected chi connectivity index (χ3v) is 2.51. The van der Waals surface area contributed by atoms with Gasteiger partial charge in [0.1, 0.15) is 5.82 Å². The zero-order valence-corrected chi connectivity index (χ0v) is 8.75. The van der Waals surface area contributed by atoms with Gasteiger partial charge in [-0.3, -0.25) is 5.10 Å². The fraction of sp³-hybridized carbons (Fsp3) is 0.778. The lowest BCUT2D eigenvalue weighted by molar-refractivity contribution is 0.480. The first-order valence-corrected chi connectivity index (χ1v) is 5.19. The molecule has 14 heavy (non-hydrogen) atoms. The number of hydrogen-bond acceptors (Lipinski definition) is 4. The Bertz CT molecular complexity index is 295. The molecular formula is C9H17N5. The first-order chi connectivity index (χ1) is 6.79. The summed E-state index contributed by atoms with van der Waals surface area (Å²) in [6.07, 6.45) is 0.911. The Morgan fingerprint density at radius 3 is 3.07 bits per heavy atom. The topological polar surface area (TPSA) is 56.8 Å². The molecule has 1 atom stereocenters. The quantitative estimate of drug-likeness (QED) is 0.706. The summed E-state index contributed by atoms with van der Waals surface area (Å²) in [6, 6.07) is 0.521. The molecule has 1 aliphatic rings. The Hall–Kier alpha value is -1.10. The number of nitrogens with one attached hydrogen (secondary N) is 2. The van der Waals surface area contributed by atoms with Gasteiger partial charge in [-0.05, 0) is 6.92 Å². The van der Waals surface area contributed by atoms with Gasteiger partial charge in [-0.2, -0.15) is 4.98 Å². The van der Waals surface area contributed by atoms with Gasteiger partial charge in [-0.15, -0.1) is 5.10 Å². The molecule has 0 bridgehead atoms. The van der Waals surface area contributed by atoms with E-state index in [0.717, 1.165) is 37.8 Å². The van der Waals surface area contributed by atoms with Crippen molar-refractivity contribution < 1.29 is 0 Å². The van der Waals surface area contributed by atoms with Crippen LogP contribution in [0, 0.1) is 0 Å². The minimum Gasteiger partial charge on any atom is -0.337 e. The lowest BCUT2D eigenvalue weighted by Gasteiger charge is -2.30. The Labute approximate surface area is 83.9 Å². The van der Waals surface area contributed by atoms with Gasteiger partial charge in [-0.25, -0.2) is 0 Å². The summed E-state index contributed by atoms with van der Waals surface area (Å²) in [7, 11) is 0. The van der Waals surface area contributed by atoms with Crippen LogP contribution in [0.5, 0.6) is 0 Å². The van der Waals surface area contributed by atoms with Crippen molar-refractivity contribution in [2.45, 2.75) is 26.3 Å². The number of aromatic nitrogens is 3. The molecule has 1 aliphatic heterocycles. The molecule has 2 N–H and O–H groups in total. The maximum absolute atomic E-state index is 4.42. The number of piperazine rings is 1. The Morgan fingerprint density at radius 2 is 2.43 bits per heavy atom. The van der Waals surface area contributed by atoms with Gasteiger partial charge in [0.2, 0.25) is 5.95 Å². The first-order valence-electron chi connectivity index (χ1n) is 5.19. The highest BCUT2D eigenvalue weighted by Crippen LogP contribution is 2.09. The zero-order valence-electron chi connectivity index (χ0n) is 8.75. The van der Waals surface area contributed by atoms with Crippen molar-refractivity contribution in [3.05, 3.63) is 5.82 Å². The number of H-pyrrole nitrogens is 1. The Morgan fingerprint density at radius 1 is 1.57 bits per heavy atom. The van der Waals surface area contributed by atoms with Crippen LogP contribution in [0.1, 0.15) is 19.7 Å². The number of aromatic amines is 1. The fourth-order valence-corrected chi connectivity index (χ4v) is 1.70. The Kier molecular flexibility index (Phi) is 2.67. The highest BCUT2D eigenvalue weighted by molar-refractivity contribution is 5.30. The molecule has 1 aromatic rings. The smallest absolute Gasteiger partial charge is 0.244 e. The predicted octanol–water partition coefficient (Wildman–Crippen LogP) is 0.165. The van der Waals surface area contributed by atoms with Crippen LogP contribution in [0.2, 0.25) is 0 Å². The SMILES string of the molecule is CCc1nc(N2CCN[C@@H](C)C2)n[nH]1. The second kappa shape index (κ2) is 3.96. The van der Waals surface area contributed by atoms with E-state index in [4.69, 9.17) is 0 Å². The number of rotatable bonds is 2. The average molecular weight is 195 g/mol. The molecule has 0 unspecified atom stereocenters. The van der Waals surface area contributed by atoms with E-state index in [1.54, 1.807) is 0 Å². The third kappa shape index (κ3) is 1.87. The minimum absolute atomic E-state index is 0.521. The molecule has 0 aromatic carbocycles. The maximum atomic E-state index is 4.42. The van der Waals surface area contributed by atoms with Crippen molar-refractivity contribution in [1.82, 2.24) is 20.5 Å². The van der Waals surface area contributed by atoms with Gasteiger partial charge in [-0.1, -0.05) is 6.92 Å². The molecule has 5 heteroatoms. The average Bonchev–Trinajstić information content (AvgIpc) is 2.66. The Balaban J connectivity index is 2.06. The van der Waals surface area contributed by atoms with E-state index >= 15 is 0 Å². The van der Waals surface area contributed by atoms with Crippen LogP contribution in [0.25, 0.3) is 0 Å². The van der Waals surface area contributed by atoms with Gasteiger partial charge in [0, 0.05) is 32.1 Å². The van der Waals surface area contributed by atoms with E-state index in [1.807, 2.05) is 0 Å². The largest absolute Gasteiger partial charge is 0.337 e. The number of hydrogen-bond donors (Lipinski definition) is 2. The number of aryl methyl sites for hydroxylation is 1. The van der Waals surface area contributed by atoms with Gasteiger partial charge in [0.15, 0.2) is 0 Å². The molecule has 1 saturated heterocycles. The van der Waals surface area contributed by atoms with E-state index in [1.165, 1.54) is 0 Å². The molecule has 0 radical (unpaired) electrons. The standard InChI is InChI=1S/C9H17N5/c1-3-8-11-9(13-12-8)14-5-4-10-7(2)6-14/h7,10H,3-6H2,1-2H3,(H,11,12,13)/t7-/m0/s1. The molecule has 2 heterocycles. The van der Waals surface area contributed by atoms with Gasteiger partial charge < -0.3 is 10.2 Å². The van der Waals surface area contributed by atoms with Crippen molar-refractivity contribution in [2.75, 3.05) is 24.5 Å². The normalized spacial score (nSPS) is 22.7. The van der Waals surface area contributed by atoms with Crippen LogP contribution in [-0.4, -0.2) is 40.9 Å². The third-order valence-electron chi connectivity index (χ3n) is 2.51. The zero-order chi connectivity index (χ0) is 9.97. The van der Waals surface area contributed by atoms with E-state index in [0.29, 0.717) is 6.04 Å². The second-order valence-electron chi connectivity index (χ2n) is 3.74. The summed E-state index contributed by atoms with van der Waals surface area (Å²) in [5.41, 5.74) is 0. The van der Waals surface area contributed by atoms with E-state index in [9.17, 15) is 0 Å². The van der Waals surface area contributed by atoms with E-state index in [2.05, 4.69) is 39.2 Å². The summed E-state index contributed by atoms with van der Waals surface area (Å²) in [4.78, 5) is 6.64. The summed E-state index contributed by atoms with van der Waals surface area (Å²) in [5, 5.41) is 10.5. The summed E-state index contributed by atoms with van der Waals surface area (Å²) in [5.74, 6) is 1.81. The van der Waals surface area contributed by atoms with Crippen LogP contribution in [-0.2, 0) is 6.42 Å². The minimum atomic E-state index is 0.521. The molecule has 0 amide bonds. The van der Waals surface area contributed by atoms with Gasteiger partial charge in [0.05, 0.1) is 0 Å². The number of anilines is 1. The predicted molar refractivity (Wildman–Crippen MR) is 55.4 cm³/mol. The van der Waals surface area contributed by atoms with E-state index in [-0.39, 0.29) is 0 Å². The second-order valence-corrected chi connectivity index (χ2v) is 3.74. The monoisotopic (exact) mass is 195 g/mol. The molecule has 0 spiro atoms. The lowest BCUT2D eigenvalue weighted by Crippen LogP contribution is -2.49. The van der Waals surface area contributed by atoms with Crippen molar-refractivity contribution >= 4 is 5.95 Å². The van der Waals surface area contributed by atoms with Crippen molar-refractivity contribution in [3.63, 3.8) is 0 Å². The molecule has 0 aliphatic carbocycles. The lowest BCUT2D eigenvalue weighted by atomic mass is 10.2. The van der Waals surface area contributed by atoms with Crippen LogP contribution < -0.4 is 10.2 Å². The summed E-state index contributed by atoms with van der Waals surface area (Å²) < 4.78 is 0. The fourth-order valence-electron chi connectivity index (χ4n) is 1.70. The van der Waals surface area contributed by atoms with Gasteiger partial charge in [0.25, 0.3) is 0 Å². The molecular weight excluding hydrogens is 178 g/mol. The molecule has 1 aromatic heterocycles. The van der Waals surface area contributed by atoms with Crippen LogP contribution in [0.3, 0.4) is 0 Å². The highest BCUT2D eigenvalue weighted by Gasteiger charge is 2.18. The highest BCUT2D eigenvalue weighted by atomic mass is 15.4. The van der Waals surface area contributed by atoms with E-state index < -0.39 is 0 Å². The van der Waals surface area contributed by atoms with Crippen molar-refractivity contribution in [1.29, 1.82) is 0 Å². The summed E-state index contributed by atoms with van der Waals surface area (Å²) >= 11 is 0. The van der Waals surface area contributed by atoms with Crippen LogP contribution in [0.15, 0.2) is 0 Å². The van der Waals surface area contributed by atoms with Crippen molar-refractivity contribution in [3.8, 4) is 0 Å². The molecule has 1 fully saturated rings. The molecule has 78 valence electrons. The molecule has 0 saturated carbocycles.